The average molecular weight is 597 g/mol. The Bertz CT molecular complexity index is 1070. The fraction of sp³-hybridized carbons (Fsp3) is 0.529. The SMILES string of the molecule is CCOC(=O)CC(=O)[C@H](C)[C@@H](O[Si](CC)(CC)CC)/C(C)=C\CO[Si](c1ccccc1)(c1ccccc1)C(C)(C)C. The Morgan fingerprint density at radius 1 is 0.854 bits per heavy atom. The van der Waals surface area contributed by atoms with Gasteiger partial charge in [0, 0.05) is 5.92 Å². The molecule has 0 bridgehead atoms. The van der Waals surface area contributed by atoms with Crippen molar-refractivity contribution < 1.29 is 23.2 Å². The number of ether oxygens (including phenoxy) is 1. The van der Waals surface area contributed by atoms with Crippen molar-refractivity contribution in [3.05, 3.63) is 72.3 Å². The van der Waals surface area contributed by atoms with Crippen LogP contribution >= 0.6 is 0 Å². The van der Waals surface area contributed by atoms with Crippen molar-refractivity contribution in [1.29, 1.82) is 0 Å². The summed E-state index contributed by atoms with van der Waals surface area (Å²) in [5.41, 5.74) is 0.972. The van der Waals surface area contributed by atoms with Gasteiger partial charge in [-0.15, -0.1) is 0 Å². The summed E-state index contributed by atoms with van der Waals surface area (Å²) in [7, 11) is -4.76. The number of hydrogen-bond donors (Lipinski definition) is 0. The van der Waals surface area contributed by atoms with Crippen LogP contribution in [0.2, 0.25) is 23.2 Å². The van der Waals surface area contributed by atoms with E-state index in [1.165, 1.54) is 10.4 Å². The molecule has 0 aliphatic carbocycles. The van der Waals surface area contributed by atoms with Gasteiger partial charge in [0.25, 0.3) is 8.32 Å². The fourth-order valence-electron chi connectivity index (χ4n) is 5.72. The van der Waals surface area contributed by atoms with E-state index in [4.69, 9.17) is 13.6 Å². The molecule has 7 heteroatoms. The number of carbonyl (C=O) groups is 2. The zero-order chi connectivity index (χ0) is 30.7. The zero-order valence-corrected chi connectivity index (χ0v) is 28.8. The first kappa shape index (κ1) is 34.9. The van der Waals surface area contributed by atoms with Crippen molar-refractivity contribution in [2.75, 3.05) is 13.2 Å². The van der Waals surface area contributed by atoms with Crippen LogP contribution in [0, 0.1) is 5.92 Å². The maximum absolute atomic E-state index is 13.2. The van der Waals surface area contributed by atoms with Gasteiger partial charge in [-0.25, -0.2) is 0 Å². The Hall–Kier alpha value is -2.33. The van der Waals surface area contributed by atoms with Crippen molar-refractivity contribution in [3.8, 4) is 0 Å². The van der Waals surface area contributed by atoms with Crippen LogP contribution in [0.5, 0.6) is 0 Å². The normalized spacial score (nSPS) is 14.4. The molecule has 0 aromatic heterocycles. The van der Waals surface area contributed by atoms with Crippen LogP contribution in [0.1, 0.15) is 68.7 Å². The van der Waals surface area contributed by atoms with E-state index in [9.17, 15) is 9.59 Å². The van der Waals surface area contributed by atoms with Crippen molar-refractivity contribution in [1.82, 2.24) is 0 Å². The fourth-order valence-corrected chi connectivity index (χ4v) is 13.1. The van der Waals surface area contributed by atoms with Gasteiger partial charge >= 0.3 is 5.97 Å². The van der Waals surface area contributed by atoms with Gasteiger partial charge in [-0.2, -0.15) is 0 Å². The van der Waals surface area contributed by atoms with Crippen LogP contribution in [0.3, 0.4) is 0 Å². The van der Waals surface area contributed by atoms with E-state index in [1.54, 1.807) is 6.92 Å². The Morgan fingerprint density at radius 3 is 1.76 bits per heavy atom. The second-order valence-corrected chi connectivity index (χ2v) is 21.0. The molecule has 0 radical (unpaired) electrons. The highest BCUT2D eigenvalue weighted by Crippen LogP contribution is 2.37. The molecule has 0 amide bonds. The highest BCUT2D eigenvalue weighted by molar-refractivity contribution is 6.99. The predicted octanol–water partition coefficient (Wildman–Crippen LogP) is 7.06. The maximum Gasteiger partial charge on any atom is 0.313 e. The second-order valence-electron chi connectivity index (χ2n) is 11.9. The third kappa shape index (κ3) is 8.60. The minimum Gasteiger partial charge on any atom is -0.466 e. The lowest BCUT2D eigenvalue weighted by Crippen LogP contribution is -2.66. The van der Waals surface area contributed by atoms with E-state index >= 15 is 0 Å². The molecule has 0 spiro atoms. The molecule has 0 unspecified atom stereocenters. The molecule has 0 aliphatic heterocycles. The number of ketones is 1. The third-order valence-corrected chi connectivity index (χ3v) is 18.1. The number of rotatable bonds is 16. The molecule has 0 fully saturated rings. The minimum absolute atomic E-state index is 0.134. The maximum atomic E-state index is 13.2. The summed E-state index contributed by atoms with van der Waals surface area (Å²) in [5, 5.41) is 2.32. The van der Waals surface area contributed by atoms with E-state index in [0.29, 0.717) is 6.61 Å². The minimum atomic E-state index is -2.70. The first-order chi connectivity index (χ1) is 19.4. The predicted molar refractivity (Wildman–Crippen MR) is 175 cm³/mol. The van der Waals surface area contributed by atoms with Crippen molar-refractivity contribution >= 4 is 38.8 Å². The lowest BCUT2D eigenvalue weighted by Gasteiger charge is -2.43. The van der Waals surface area contributed by atoms with E-state index < -0.39 is 34.6 Å². The Morgan fingerprint density at radius 2 is 1.34 bits per heavy atom. The summed E-state index contributed by atoms with van der Waals surface area (Å²) >= 11 is 0. The van der Waals surface area contributed by atoms with Gasteiger partial charge in [-0.05, 0) is 53.0 Å². The molecule has 0 N–H and O–H groups in total. The second kappa shape index (κ2) is 15.8. The smallest absolute Gasteiger partial charge is 0.313 e. The van der Waals surface area contributed by atoms with Gasteiger partial charge in [0.15, 0.2) is 8.32 Å². The van der Waals surface area contributed by atoms with E-state index in [2.05, 4.69) is 96.1 Å². The van der Waals surface area contributed by atoms with Gasteiger partial charge in [0.1, 0.15) is 12.2 Å². The number of Topliss-reactive ketones (excluding diaryl/α,β-unsaturated/α-hetero) is 1. The monoisotopic (exact) mass is 596 g/mol. The first-order valence-corrected chi connectivity index (χ1v) is 19.6. The summed E-state index contributed by atoms with van der Waals surface area (Å²) in [6.45, 7) is 19.7. The Balaban J connectivity index is 2.50. The first-order valence-electron chi connectivity index (χ1n) is 15.2. The highest BCUT2D eigenvalue weighted by atomic mass is 28.4. The molecule has 5 nitrogen and oxygen atoms in total. The number of esters is 1. The van der Waals surface area contributed by atoms with Crippen LogP contribution in [-0.2, 0) is 23.2 Å². The quantitative estimate of drug-likeness (QED) is 0.0899. The number of carbonyl (C=O) groups excluding carboxylic acids is 2. The molecule has 2 aromatic rings. The summed E-state index contributed by atoms with van der Waals surface area (Å²) in [5.74, 6) is -1.11. The topological polar surface area (TPSA) is 61.8 Å². The van der Waals surface area contributed by atoms with E-state index in [0.717, 1.165) is 23.7 Å². The van der Waals surface area contributed by atoms with Gasteiger partial charge in [-0.3, -0.25) is 9.59 Å². The molecular weight excluding hydrogens is 545 g/mol. The molecule has 2 rings (SSSR count). The largest absolute Gasteiger partial charge is 0.466 e. The number of hydrogen-bond acceptors (Lipinski definition) is 5. The molecule has 2 atom stereocenters. The highest BCUT2D eigenvalue weighted by Gasteiger charge is 2.50. The van der Waals surface area contributed by atoms with Crippen LogP contribution in [0.15, 0.2) is 72.3 Å². The molecule has 0 saturated carbocycles. The number of benzene rings is 2. The van der Waals surface area contributed by atoms with Crippen LogP contribution in [-0.4, -0.2) is 47.7 Å². The molecule has 41 heavy (non-hydrogen) atoms. The van der Waals surface area contributed by atoms with Crippen molar-refractivity contribution in [2.45, 2.75) is 98.0 Å². The summed E-state index contributed by atoms with van der Waals surface area (Å²) in [6.07, 6.45) is 1.45. The zero-order valence-electron chi connectivity index (χ0n) is 26.8. The van der Waals surface area contributed by atoms with E-state index in [-0.39, 0.29) is 23.8 Å². The van der Waals surface area contributed by atoms with Gasteiger partial charge in [0.05, 0.1) is 19.3 Å². The van der Waals surface area contributed by atoms with Gasteiger partial charge < -0.3 is 13.6 Å². The molecule has 2 aromatic carbocycles. The summed E-state index contributed by atoms with van der Waals surface area (Å²) in [6, 6.07) is 24.1. The molecule has 0 heterocycles. The van der Waals surface area contributed by atoms with Crippen LogP contribution < -0.4 is 10.4 Å². The molecule has 226 valence electrons. The Kier molecular flexibility index (Phi) is 13.4. The van der Waals surface area contributed by atoms with Crippen LogP contribution in [0.4, 0.5) is 0 Å². The standard InChI is InChI=1S/C34H52O5Si2/c1-10-37-32(36)26-31(35)28(6)33(39-40(11-2,12-3)13-4)27(5)24-25-38-41(34(7,8)9,29-20-16-14-17-21-29)30-22-18-15-19-23-30/h14-24,28,33H,10-13,25-26H2,1-9H3/b27-24-/t28-,33-/m0/s1. The molecular formula is C34H52O5Si2. The van der Waals surface area contributed by atoms with Crippen molar-refractivity contribution in [2.24, 2.45) is 5.92 Å². The van der Waals surface area contributed by atoms with E-state index in [1.807, 2.05) is 26.0 Å². The lowest BCUT2D eigenvalue weighted by atomic mass is 9.92. The third-order valence-electron chi connectivity index (χ3n) is 8.47. The Labute approximate surface area is 250 Å². The molecule has 0 aliphatic rings. The summed E-state index contributed by atoms with van der Waals surface area (Å²) < 4.78 is 19.1. The van der Waals surface area contributed by atoms with Crippen LogP contribution in [0.25, 0.3) is 0 Å². The summed E-state index contributed by atoms with van der Waals surface area (Å²) in [4.78, 5) is 25.4. The average Bonchev–Trinajstić information content (AvgIpc) is 2.96. The molecule has 0 saturated heterocycles. The van der Waals surface area contributed by atoms with Gasteiger partial charge in [0.2, 0.25) is 0 Å². The van der Waals surface area contributed by atoms with Gasteiger partial charge in [-0.1, -0.05) is 115 Å². The van der Waals surface area contributed by atoms with Crippen molar-refractivity contribution in [3.63, 3.8) is 0 Å². The lowest BCUT2D eigenvalue weighted by molar-refractivity contribution is -0.146.